The van der Waals surface area contributed by atoms with Crippen molar-refractivity contribution >= 4 is 28.4 Å². The van der Waals surface area contributed by atoms with Crippen LogP contribution in [0.2, 0.25) is 5.02 Å². The molecule has 142 valence electrons. The molecule has 5 nitrogen and oxygen atoms in total. The average Bonchev–Trinajstić information content (AvgIpc) is 3.04. The zero-order chi connectivity index (χ0) is 19.4. The van der Waals surface area contributed by atoms with Crippen molar-refractivity contribution in [1.29, 1.82) is 0 Å². The molecule has 1 heterocycles. The summed E-state index contributed by atoms with van der Waals surface area (Å²) in [6.45, 7) is -2.61. The molecule has 8 heteroatoms. The first-order valence-electron chi connectivity index (χ1n) is 8.14. The summed E-state index contributed by atoms with van der Waals surface area (Å²) in [4.78, 5) is 15.3. The summed E-state index contributed by atoms with van der Waals surface area (Å²) in [5.74, 6) is -0.0801. The Labute approximate surface area is 159 Å². The van der Waals surface area contributed by atoms with Crippen LogP contribution in [0.1, 0.15) is 16.1 Å². The first kappa shape index (κ1) is 19.0. The molecule has 0 aliphatic heterocycles. The van der Waals surface area contributed by atoms with Crippen LogP contribution in [0.15, 0.2) is 42.5 Å². The second-order valence-electron chi connectivity index (χ2n) is 5.78. The number of fused-ring (bicyclic) bond motifs is 1. The predicted octanol–water partition coefficient (Wildman–Crippen LogP) is 4.40. The van der Waals surface area contributed by atoms with E-state index in [1.165, 1.54) is 13.2 Å². The fraction of sp³-hybridized carbons (Fsp3) is 0.211. The highest BCUT2D eigenvalue weighted by molar-refractivity contribution is 6.31. The van der Waals surface area contributed by atoms with E-state index in [-0.39, 0.29) is 17.4 Å². The molecule has 0 fully saturated rings. The van der Waals surface area contributed by atoms with E-state index in [1.54, 1.807) is 36.4 Å². The molecule has 1 aromatic heterocycles. The maximum atomic E-state index is 12.5. The lowest BCUT2D eigenvalue weighted by atomic mass is 10.1. The van der Waals surface area contributed by atoms with E-state index < -0.39 is 6.61 Å². The Morgan fingerprint density at radius 1 is 1.19 bits per heavy atom. The molecular formula is C19H17ClF2N2O3. The second-order valence-corrected chi connectivity index (χ2v) is 6.22. The number of hydrogen-bond donors (Lipinski definition) is 2. The van der Waals surface area contributed by atoms with E-state index in [4.69, 9.17) is 16.3 Å². The number of nitrogens with one attached hydrogen (secondary N) is 2. The maximum Gasteiger partial charge on any atom is 0.387 e. The van der Waals surface area contributed by atoms with E-state index in [2.05, 4.69) is 15.0 Å². The SMILES string of the molecule is COc1ccc(CCNC(=O)c2cc3cc(Cl)ccc3[nH]2)cc1OC(F)F. The normalized spacial score (nSPS) is 11.0. The van der Waals surface area contributed by atoms with Gasteiger partial charge in [-0.2, -0.15) is 8.78 Å². The van der Waals surface area contributed by atoms with Crippen LogP contribution >= 0.6 is 11.6 Å². The van der Waals surface area contributed by atoms with E-state index in [0.717, 1.165) is 16.5 Å². The van der Waals surface area contributed by atoms with Crippen molar-refractivity contribution in [2.24, 2.45) is 0 Å². The van der Waals surface area contributed by atoms with Gasteiger partial charge < -0.3 is 19.8 Å². The van der Waals surface area contributed by atoms with Gasteiger partial charge in [-0.1, -0.05) is 17.7 Å². The molecule has 2 aromatic carbocycles. The molecule has 1 amide bonds. The van der Waals surface area contributed by atoms with Crippen molar-refractivity contribution in [1.82, 2.24) is 10.3 Å². The monoisotopic (exact) mass is 394 g/mol. The largest absolute Gasteiger partial charge is 0.493 e. The van der Waals surface area contributed by atoms with Crippen LogP contribution in [-0.2, 0) is 6.42 Å². The molecule has 27 heavy (non-hydrogen) atoms. The topological polar surface area (TPSA) is 63.3 Å². The summed E-state index contributed by atoms with van der Waals surface area (Å²) in [6, 6.07) is 11.8. The number of alkyl halides is 2. The fourth-order valence-corrected chi connectivity index (χ4v) is 2.89. The zero-order valence-corrected chi connectivity index (χ0v) is 15.1. The minimum atomic E-state index is -2.94. The molecule has 0 aliphatic rings. The second kappa shape index (κ2) is 8.26. The Morgan fingerprint density at radius 3 is 2.74 bits per heavy atom. The number of H-pyrrole nitrogens is 1. The number of aromatic amines is 1. The van der Waals surface area contributed by atoms with Crippen molar-refractivity contribution in [3.05, 3.63) is 58.7 Å². The number of benzene rings is 2. The molecule has 0 aliphatic carbocycles. The van der Waals surface area contributed by atoms with Crippen molar-refractivity contribution < 1.29 is 23.0 Å². The molecule has 0 spiro atoms. The van der Waals surface area contributed by atoms with Crippen LogP contribution in [0.25, 0.3) is 10.9 Å². The molecular weight excluding hydrogens is 378 g/mol. The van der Waals surface area contributed by atoms with E-state index in [0.29, 0.717) is 23.7 Å². The number of halogens is 3. The van der Waals surface area contributed by atoms with Gasteiger partial charge >= 0.3 is 6.61 Å². The van der Waals surface area contributed by atoms with Crippen molar-refractivity contribution in [2.75, 3.05) is 13.7 Å². The Morgan fingerprint density at radius 2 is 2.00 bits per heavy atom. The smallest absolute Gasteiger partial charge is 0.387 e. The van der Waals surface area contributed by atoms with E-state index in [1.807, 2.05) is 0 Å². The Bertz CT molecular complexity index is 959. The van der Waals surface area contributed by atoms with Crippen LogP contribution in [0, 0.1) is 0 Å². The first-order chi connectivity index (χ1) is 13.0. The van der Waals surface area contributed by atoms with Crippen LogP contribution in [0.5, 0.6) is 11.5 Å². The van der Waals surface area contributed by atoms with Gasteiger partial charge in [-0.3, -0.25) is 4.79 Å². The number of rotatable bonds is 7. The number of aromatic nitrogens is 1. The standard InChI is InChI=1S/C19H17ClF2N2O3/c1-26-16-5-2-11(8-17(16)27-19(21)22)6-7-23-18(25)15-10-12-9-13(20)3-4-14(12)24-15/h2-5,8-10,19,24H,6-7H2,1H3,(H,23,25). The van der Waals surface area contributed by atoms with Crippen LogP contribution in [0.3, 0.4) is 0 Å². The molecule has 3 aromatic rings. The fourth-order valence-electron chi connectivity index (χ4n) is 2.71. The predicted molar refractivity (Wildman–Crippen MR) is 99.0 cm³/mol. The van der Waals surface area contributed by atoms with Gasteiger partial charge in [0.25, 0.3) is 5.91 Å². The number of methoxy groups -OCH3 is 1. The van der Waals surface area contributed by atoms with Gasteiger partial charge in [-0.05, 0) is 48.4 Å². The molecule has 2 N–H and O–H groups in total. The van der Waals surface area contributed by atoms with Gasteiger partial charge in [-0.25, -0.2) is 0 Å². The quantitative estimate of drug-likeness (QED) is 0.624. The third kappa shape index (κ3) is 4.68. The third-order valence-electron chi connectivity index (χ3n) is 3.97. The van der Waals surface area contributed by atoms with Crippen LogP contribution < -0.4 is 14.8 Å². The number of carbonyl (C=O) groups excluding carboxylic acids is 1. The Hall–Kier alpha value is -2.80. The minimum Gasteiger partial charge on any atom is -0.493 e. The molecule has 0 saturated carbocycles. The van der Waals surface area contributed by atoms with E-state index >= 15 is 0 Å². The zero-order valence-electron chi connectivity index (χ0n) is 14.4. The Kier molecular flexibility index (Phi) is 5.81. The number of hydrogen-bond acceptors (Lipinski definition) is 3. The summed E-state index contributed by atoms with van der Waals surface area (Å²) < 4.78 is 34.4. The summed E-state index contributed by atoms with van der Waals surface area (Å²) in [6.07, 6.45) is 0.446. The van der Waals surface area contributed by atoms with Gasteiger partial charge in [0.15, 0.2) is 11.5 Å². The molecule has 0 unspecified atom stereocenters. The molecule has 0 bridgehead atoms. The van der Waals surface area contributed by atoms with Crippen molar-refractivity contribution in [3.63, 3.8) is 0 Å². The van der Waals surface area contributed by atoms with Gasteiger partial charge in [0.05, 0.1) is 7.11 Å². The lowest BCUT2D eigenvalue weighted by Crippen LogP contribution is -2.25. The molecule has 3 rings (SSSR count). The van der Waals surface area contributed by atoms with Gasteiger partial charge in [0.1, 0.15) is 5.69 Å². The third-order valence-corrected chi connectivity index (χ3v) is 4.21. The summed E-state index contributed by atoms with van der Waals surface area (Å²) in [5, 5.41) is 4.22. The molecule has 0 atom stereocenters. The van der Waals surface area contributed by atoms with Crippen molar-refractivity contribution in [2.45, 2.75) is 13.0 Å². The number of amides is 1. The summed E-state index contributed by atoms with van der Waals surface area (Å²) in [5.41, 5.74) is 1.97. The van der Waals surface area contributed by atoms with E-state index in [9.17, 15) is 13.6 Å². The van der Waals surface area contributed by atoms with Gasteiger partial charge in [0, 0.05) is 22.5 Å². The summed E-state index contributed by atoms with van der Waals surface area (Å²) in [7, 11) is 1.38. The van der Waals surface area contributed by atoms with Crippen LogP contribution in [0.4, 0.5) is 8.78 Å². The van der Waals surface area contributed by atoms with Gasteiger partial charge in [0.2, 0.25) is 0 Å². The highest BCUT2D eigenvalue weighted by atomic mass is 35.5. The lowest BCUT2D eigenvalue weighted by molar-refractivity contribution is -0.0512. The lowest BCUT2D eigenvalue weighted by Gasteiger charge is -2.11. The minimum absolute atomic E-state index is 0.0381. The van der Waals surface area contributed by atoms with Crippen LogP contribution in [-0.4, -0.2) is 31.2 Å². The van der Waals surface area contributed by atoms with Gasteiger partial charge in [-0.15, -0.1) is 0 Å². The maximum absolute atomic E-state index is 12.5. The van der Waals surface area contributed by atoms with Crippen molar-refractivity contribution in [3.8, 4) is 11.5 Å². The number of ether oxygens (including phenoxy) is 2. The first-order valence-corrected chi connectivity index (χ1v) is 8.52. The highest BCUT2D eigenvalue weighted by Crippen LogP contribution is 2.29. The summed E-state index contributed by atoms with van der Waals surface area (Å²) >= 11 is 5.94. The molecule has 0 saturated heterocycles. The Balaban J connectivity index is 1.62. The highest BCUT2D eigenvalue weighted by Gasteiger charge is 2.12. The average molecular weight is 395 g/mol. The number of carbonyl (C=O) groups is 1. The molecule has 0 radical (unpaired) electrons.